The maximum absolute atomic E-state index is 13.2. The van der Waals surface area contributed by atoms with Gasteiger partial charge >= 0.3 is 6.09 Å². The number of alkyl carbamates (subject to hydrolysis) is 1. The lowest BCUT2D eigenvalue weighted by Crippen LogP contribution is -2.54. The summed E-state index contributed by atoms with van der Waals surface area (Å²) in [5, 5.41) is 5.63. The van der Waals surface area contributed by atoms with Gasteiger partial charge in [0.05, 0.1) is 12.1 Å². The second-order valence-corrected chi connectivity index (χ2v) is 8.49. The third-order valence-electron chi connectivity index (χ3n) is 5.42. The highest BCUT2D eigenvalue weighted by atomic mass is 35.5. The molecule has 0 heterocycles. The minimum absolute atomic E-state index is 0.0501. The summed E-state index contributed by atoms with van der Waals surface area (Å²) >= 11 is 6.18. The van der Waals surface area contributed by atoms with Crippen molar-refractivity contribution in [3.05, 3.63) is 101 Å². The van der Waals surface area contributed by atoms with Gasteiger partial charge in [0.15, 0.2) is 0 Å². The molecule has 8 nitrogen and oxygen atoms in total. The Balaban J connectivity index is 1.70. The molecule has 0 spiro atoms. The average Bonchev–Trinajstić information content (AvgIpc) is 2.88. The SMILES string of the molecule is COc1ccc(C[C@@H](NC(=O)[C@@H](Cc2ccccc2)NC(=O)OCc2ccccc2)C(N)=O)cc1Cl. The first-order valence-corrected chi connectivity index (χ1v) is 11.7. The molecule has 3 rings (SSSR count). The Morgan fingerprint density at radius 1 is 0.833 bits per heavy atom. The van der Waals surface area contributed by atoms with E-state index in [4.69, 9.17) is 26.8 Å². The molecule has 3 amide bonds. The Bertz CT molecular complexity index is 1170. The van der Waals surface area contributed by atoms with Crippen molar-refractivity contribution in [3.63, 3.8) is 0 Å². The van der Waals surface area contributed by atoms with E-state index < -0.39 is 30.0 Å². The normalized spacial score (nSPS) is 12.2. The molecule has 0 unspecified atom stereocenters. The highest BCUT2D eigenvalue weighted by molar-refractivity contribution is 6.32. The van der Waals surface area contributed by atoms with Crippen molar-refractivity contribution in [2.24, 2.45) is 5.73 Å². The molecule has 0 aromatic heterocycles. The van der Waals surface area contributed by atoms with Gasteiger partial charge in [-0.15, -0.1) is 0 Å². The van der Waals surface area contributed by atoms with Crippen LogP contribution in [0.25, 0.3) is 0 Å². The maximum Gasteiger partial charge on any atom is 0.408 e. The van der Waals surface area contributed by atoms with Crippen molar-refractivity contribution < 1.29 is 23.9 Å². The van der Waals surface area contributed by atoms with Gasteiger partial charge in [-0.2, -0.15) is 0 Å². The Morgan fingerprint density at radius 3 is 2.03 bits per heavy atom. The lowest BCUT2D eigenvalue weighted by atomic mass is 10.0. The molecule has 0 aliphatic carbocycles. The van der Waals surface area contributed by atoms with Crippen LogP contribution in [0.5, 0.6) is 5.75 Å². The minimum Gasteiger partial charge on any atom is -0.495 e. The highest BCUT2D eigenvalue weighted by Crippen LogP contribution is 2.25. The Kier molecular flexibility index (Phi) is 9.71. The number of hydrogen-bond acceptors (Lipinski definition) is 5. The van der Waals surface area contributed by atoms with E-state index in [1.54, 1.807) is 18.2 Å². The van der Waals surface area contributed by atoms with E-state index in [2.05, 4.69) is 10.6 Å². The average molecular weight is 510 g/mol. The summed E-state index contributed by atoms with van der Waals surface area (Å²) in [6, 6.07) is 21.4. The van der Waals surface area contributed by atoms with Crippen molar-refractivity contribution in [1.82, 2.24) is 10.6 Å². The first-order chi connectivity index (χ1) is 17.4. The van der Waals surface area contributed by atoms with Crippen LogP contribution in [0.1, 0.15) is 16.7 Å². The molecule has 0 radical (unpaired) electrons. The number of nitrogens with two attached hydrogens (primary N) is 1. The number of halogens is 1. The van der Waals surface area contributed by atoms with Crippen LogP contribution in [0, 0.1) is 0 Å². The first kappa shape index (κ1) is 26.6. The molecule has 0 aliphatic rings. The molecule has 0 saturated carbocycles. The highest BCUT2D eigenvalue weighted by Gasteiger charge is 2.27. The standard InChI is InChI=1S/C27H28ClN3O5/c1-35-24-13-12-20(14-21(24)28)16-22(25(29)32)30-26(33)23(15-18-8-4-2-5-9-18)31-27(34)36-17-19-10-6-3-7-11-19/h2-14,22-23H,15-17H2,1H3,(H2,29,32)(H,30,33)(H,31,34)/t22-,23-/m1/s1. The number of ether oxygens (including phenoxy) is 2. The lowest BCUT2D eigenvalue weighted by Gasteiger charge is -2.22. The Hall–Kier alpha value is -4.04. The van der Waals surface area contributed by atoms with Gasteiger partial charge in [0, 0.05) is 12.8 Å². The van der Waals surface area contributed by atoms with Gasteiger partial charge in [-0.3, -0.25) is 9.59 Å². The summed E-state index contributed by atoms with van der Waals surface area (Å²) in [6.07, 6.45) is -0.457. The van der Waals surface area contributed by atoms with Crippen LogP contribution in [-0.2, 0) is 33.8 Å². The number of nitrogens with one attached hydrogen (secondary N) is 2. The molecule has 0 aliphatic heterocycles. The predicted molar refractivity (Wildman–Crippen MR) is 137 cm³/mol. The van der Waals surface area contributed by atoms with Gasteiger partial charge in [-0.25, -0.2) is 4.79 Å². The molecule has 188 valence electrons. The second-order valence-electron chi connectivity index (χ2n) is 8.08. The third kappa shape index (κ3) is 8.02. The van der Waals surface area contributed by atoms with Crippen LogP contribution in [-0.4, -0.2) is 37.1 Å². The number of hydrogen-bond donors (Lipinski definition) is 3. The van der Waals surface area contributed by atoms with Crippen molar-refractivity contribution in [2.45, 2.75) is 31.5 Å². The van der Waals surface area contributed by atoms with Crippen LogP contribution in [0.2, 0.25) is 5.02 Å². The van der Waals surface area contributed by atoms with E-state index in [0.29, 0.717) is 16.3 Å². The van der Waals surface area contributed by atoms with Gasteiger partial charge < -0.3 is 25.8 Å². The fourth-order valence-electron chi connectivity index (χ4n) is 3.53. The van der Waals surface area contributed by atoms with Gasteiger partial charge in [-0.1, -0.05) is 78.3 Å². The van der Waals surface area contributed by atoms with Crippen LogP contribution < -0.4 is 21.1 Å². The largest absolute Gasteiger partial charge is 0.495 e. The quantitative estimate of drug-likeness (QED) is 0.366. The van der Waals surface area contributed by atoms with Crippen LogP contribution in [0.3, 0.4) is 0 Å². The summed E-state index contributed by atoms with van der Waals surface area (Å²) in [7, 11) is 1.50. The molecular formula is C27H28ClN3O5. The van der Waals surface area contributed by atoms with Gasteiger partial charge in [0.2, 0.25) is 11.8 Å². The van der Waals surface area contributed by atoms with Crippen LogP contribution in [0.4, 0.5) is 4.79 Å². The maximum atomic E-state index is 13.2. The predicted octanol–water partition coefficient (Wildman–Crippen LogP) is 3.40. The molecular weight excluding hydrogens is 482 g/mol. The first-order valence-electron chi connectivity index (χ1n) is 11.3. The fourth-order valence-corrected chi connectivity index (χ4v) is 3.81. The zero-order chi connectivity index (χ0) is 25.9. The van der Waals surface area contributed by atoms with Gasteiger partial charge in [0.1, 0.15) is 24.4 Å². The van der Waals surface area contributed by atoms with Crippen molar-refractivity contribution >= 4 is 29.5 Å². The van der Waals surface area contributed by atoms with E-state index in [0.717, 1.165) is 11.1 Å². The van der Waals surface area contributed by atoms with Gasteiger partial charge in [-0.05, 0) is 28.8 Å². The van der Waals surface area contributed by atoms with Crippen LogP contribution in [0.15, 0.2) is 78.9 Å². The summed E-state index contributed by atoms with van der Waals surface area (Å²) in [5.74, 6) is -0.805. The Labute approximate surface area is 214 Å². The molecule has 0 fully saturated rings. The third-order valence-corrected chi connectivity index (χ3v) is 5.72. The molecule has 0 bridgehead atoms. The van der Waals surface area contributed by atoms with E-state index in [1.165, 1.54) is 7.11 Å². The number of methoxy groups -OCH3 is 1. The summed E-state index contributed by atoms with van der Waals surface area (Å²) < 4.78 is 10.4. The number of primary amides is 1. The Morgan fingerprint density at radius 2 is 1.44 bits per heavy atom. The molecule has 4 N–H and O–H groups in total. The molecule has 0 saturated heterocycles. The summed E-state index contributed by atoms with van der Waals surface area (Å²) in [6.45, 7) is 0.0501. The monoisotopic (exact) mass is 509 g/mol. The lowest BCUT2D eigenvalue weighted by molar-refractivity contribution is -0.128. The number of carbonyl (C=O) groups excluding carboxylic acids is 3. The van der Waals surface area contributed by atoms with Crippen molar-refractivity contribution in [1.29, 1.82) is 0 Å². The zero-order valence-electron chi connectivity index (χ0n) is 19.8. The number of amides is 3. The summed E-state index contributed by atoms with van der Waals surface area (Å²) in [4.78, 5) is 37.8. The molecule has 9 heteroatoms. The molecule has 36 heavy (non-hydrogen) atoms. The smallest absolute Gasteiger partial charge is 0.408 e. The van der Waals surface area contributed by atoms with Crippen molar-refractivity contribution in [3.8, 4) is 5.75 Å². The topological polar surface area (TPSA) is 120 Å². The fraction of sp³-hybridized carbons (Fsp3) is 0.222. The van der Waals surface area contributed by atoms with E-state index in [1.807, 2.05) is 60.7 Å². The number of rotatable bonds is 11. The number of benzene rings is 3. The van der Waals surface area contributed by atoms with Crippen LogP contribution >= 0.6 is 11.6 Å². The molecule has 3 aromatic carbocycles. The minimum atomic E-state index is -1.03. The van der Waals surface area contributed by atoms with E-state index in [9.17, 15) is 14.4 Å². The molecule has 2 atom stereocenters. The van der Waals surface area contributed by atoms with Gasteiger partial charge in [0.25, 0.3) is 0 Å². The van der Waals surface area contributed by atoms with Crippen molar-refractivity contribution in [2.75, 3.05) is 7.11 Å². The number of carbonyl (C=O) groups is 3. The summed E-state index contributed by atoms with van der Waals surface area (Å²) in [5.41, 5.74) is 7.88. The second kappa shape index (κ2) is 13.2. The molecule has 3 aromatic rings. The van der Waals surface area contributed by atoms with E-state index in [-0.39, 0.29) is 19.4 Å². The zero-order valence-corrected chi connectivity index (χ0v) is 20.5. The van der Waals surface area contributed by atoms with E-state index >= 15 is 0 Å².